The summed E-state index contributed by atoms with van der Waals surface area (Å²) in [5.74, 6) is -0.208. The lowest BCUT2D eigenvalue weighted by Crippen LogP contribution is -2.49. The number of amides is 1. The molecule has 3 heteroatoms. The molecule has 0 spiro atoms. The van der Waals surface area contributed by atoms with Crippen LogP contribution in [0.3, 0.4) is 0 Å². The van der Waals surface area contributed by atoms with Gasteiger partial charge in [-0.1, -0.05) is 13.8 Å². The molecule has 14 heavy (non-hydrogen) atoms. The second-order valence-electron chi connectivity index (χ2n) is 3.99. The largest absolute Gasteiger partial charge is 0.346 e. The molecule has 1 unspecified atom stereocenters. The molecular formula is C11H16N2O. The van der Waals surface area contributed by atoms with Crippen LogP contribution >= 0.6 is 0 Å². The first kappa shape index (κ1) is 10.8. The van der Waals surface area contributed by atoms with Crippen LogP contribution in [0.2, 0.25) is 0 Å². The van der Waals surface area contributed by atoms with Crippen molar-refractivity contribution in [1.29, 1.82) is 5.26 Å². The molecule has 0 fully saturated rings. The number of rotatable bonds is 2. The van der Waals surface area contributed by atoms with E-state index in [-0.39, 0.29) is 11.4 Å². The number of nitrogens with zero attached hydrogens (tertiary/aromatic N) is 1. The Hall–Kier alpha value is -1.30. The smallest absolute Gasteiger partial charge is 0.262 e. The SMILES string of the molecule is CCC1=C(C#N)C(=O)NC(C)(CC)C1. The van der Waals surface area contributed by atoms with E-state index in [2.05, 4.69) is 5.32 Å². The molecule has 3 nitrogen and oxygen atoms in total. The van der Waals surface area contributed by atoms with Crippen molar-refractivity contribution in [2.75, 3.05) is 0 Å². The Kier molecular flexibility index (Phi) is 2.95. The van der Waals surface area contributed by atoms with Gasteiger partial charge in [0.15, 0.2) is 0 Å². The summed E-state index contributed by atoms with van der Waals surface area (Å²) in [6, 6.07) is 1.98. The average molecular weight is 192 g/mol. The molecule has 1 aliphatic rings. The lowest BCUT2D eigenvalue weighted by atomic mass is 9.83. The van der Waals surface area contributed by atoms with Gasteiger partial charge in [0.2, 0.25) is 0 Å². The summed E-state index contributed by atoms with van der Waals surface area (Å²) in [6.07, 6.45) is 2.47. The van der Waals surface area contributed by atoms with Crippen molar-refractivity contribution in [1.82, 2.24) is 5.32 Å². The Morgan fingerprint density at radius 2 is 2.21 bits per heavy atom. The van der Waals surface area contributed by atoms with Crippen molar-refractivity contribution in [3.63, 3.8) is 0 Å². The zero-order valence-electron chi connectivity index (χ0n) is 8.98. The van der Waals surface area contributed by atoms with E-state index in [0.717, 1.165) is 24.8 Å². The first-order valence-corrected chi connectivity index (χ1v) is 5.01. The lowest BCUT2D eigenvalue weighted by Gasteiger charge is -2.34. The van der Waals surface area contributed by atoms with Gasteiger partial charge in [0.25, 0.3) is 5.91 Å². The predicted molar refractivity (Wildman–Crippen MR) is 54.4 cm³/mol. The van der Waals surface area contributed by atoms with Crippen molar-refractivity contribution >= 4 is 5.91 Å². The molecule has 0 saturated carbocycles. The molecule has 0 aromatic carbocycles. The van der Waals surface area contributed by atoms with Crippen LogP contribution in [0.4, 0.5) is 0 Å². The minimum atomic E-state index is -0.208. The summed E-state index contributed by atoms with van der Waals surface area (Å²) >= 11 is 0. The van der Waals surface area contributed by atoms with Gasteiger partial charge >= 0.3 is 0 Å². The van der Waals surface area contributed by atoms with Gasteiger partial charge < -0.3 is 5.32 Å². The molecule has 0 aromatic heterocycles. The summed E-state index contributed by atoms with van der Waals surface area (Å²) in [6.45, 7) is 6.06. The van der Waals surface area contributed by atoms with Crippen molar-refractivity contribution in [2.24, 2.45) is 0 Å². The second-order valence-corrected chi connectivity index (χ2v) is 3.99. The van der Waals surface area contributed by atoms with Crippen molar-refractivity contribution in [3.8, 4) is 6.07 Å². The maximum atomic E-state index is 11.6. The summed E-state index contributed by atoms with van der Waals surface area (Å²) in [4.78, 5) is 11.6. The molecular weight excluding hydrogens is 176 g/mol. The first-order chi connectivity index (χ1) is 6.56. The van der Waals surface area contributed by atoms with Gasteiger partial charge in [0.1, 0.15) is 11.6 Å². The maximum Gasteiger partial charge on any atom is 0.262 e. The third kappa shape index (κ3) is 1.79. The zero-order valence-corrected chi connectivity index (χ0v) is 8.98. The van der Waals surface area contributed by atoms with Crippen LogP contribution in [0.25, 0.3) is 0 Å². The number of carbonyl (C=O) groups is 1. The molecule has 76 valence electrons. The monoisotopic (exact) mass is 192 g/mol. The van der Waals surface area contributed by atoms with Crippen molar-refractivity contribution in [3.05, 3.63) is 11.1 Å². The zero-order chi connectivity index (χ0) is 10.8. The minimum Gasteiger partial charge on any atom is -0.346 e. The van der Waals surface area contributed by atoms with Crippen molar-refractivity contribution < 1.29 is 4.79 Å². The third-order valence-corrected chi connectivity index (χ3v) is 2.92. The molecule has 1 heterocycles. The van der Waals surface area contributed by atoms with Gasteiger partial charge in [-0.2, -0.15) is 5.26 Å². The normalized spacial score (nSPS) is 27.1. The Bertz CT molecular complexity index is 325. The van der Waals surface area contributed by atoms with E-state index in [1.165, 1.54) is 0 Å². The van der Waals surface area contributed by atoms with Crippen LogP contribution in [-0.2, 0) is 4.79 Å². The maximum absolute atomic E-state index is 11.6. The summed E-state index contributed by atoms with van der Waals surface area (Å²) < 4.78 is 0. The molecule has 0 bridgehead atoms. The van der Waals surface area contributed by atoms with Gasteiger partial charge in [0.05, 0.1) is 0 Å². The van der Waals surface area contributed by atoms with E-state index < -0.39 is 0 Å². The van der Waals surface area contributed by atoms with Crippen molar-refractivity contribution in [2.45, 2.75) is 45.6 Å². The van der Waals surface area contributed by atoms with Crippen LogP contribution in [-0.4, -0.2) is 11.4 Å². The number of hydrogen-bond acceptors (Lipinski definition) is 2. The molecule has 1 atom stereocenters. The molecule has 1 amide bonds. The van der Waals surface area contributed by atoms with Crippen LogP contribution in [0, 0.1) is 11.3 Å². The predicted octanol–water partition coefficient (Wildman–Crippen LogP) is 1.91. The number of hydrogen-bond donors (Lipinski definition) is 1. The Labute approximate surface area is 84.8 Å². The van der Waals surface area contributed by atoms with E-state index >= 15 is 0 Å². The molecule has 1 aliphatic heterocycles. The molecule has 0 aromatic rings. The fraction of sp³-hybridized carbons (Fsp3) is 0.636. The quantitative estimate of drug-likeness (QED) is 0.726. The van der Waals surface area contributed by atoms with Crippen LogP contribution in [0.1, 0.15) is 40.0 Å². The van der Waals surface area contributed by atoms with Crippen LogP contribution in [0.5, 0.6) is 0 Å². The van der Waals surface area contributed by atoms with Crippen LogP contribution < -0.4 is 5.32 Å². The number of nitriles is 1. The van der Waals surface area contributed by atoms with E-state index in [9.17, 15) is 4.79 Å². The van der Waals surface area contributed by atoms with Gasteiger partial charge in [-0.25, -0.2) is 0 Å². The molecule has 0 radical (unpaired) electrons. The fourth-order valence-corrected chi connectivity index (χ4v) is 1.75. The third-order valence-electron chi connectivity index (χ3n) is 2.92. The second kappa shape index (κ2) is 3.83. The Morgan fingerprint density at radius 3 is 2.64 bits per heavy atom. The van der Waals surface area contributed by atoms with Gasteiger partial charge in [-0.05, 0) is 31.8 Å². The van der Waals surface area contributed by atoms with E-state index in [1.54, 1.807) is 0 Å². The lowest BCUT2D eigenvalue weighted by molar-refractivity contribution is -0.119. The molecule has 1 rings (SSSR count). The van der Waals surface area contributed by atoms with E-state index in [1.807, 2.05) is 26.8 Å². The summed E-state index contributed by atoms with van der Waals surface area (Å²) in [5, 5.41) is 11.7. The molecule has 1 N–H and O–H groups in total. The highest BCUT2D eigenvalue weighted by Crippen LogP contribution is 2.28. The molecule has 0 aliphatic carbocycles. The Morgan fingerprint density at radius 1 is 1.57 bits per heavy atom. The van der Waals surface area contributed by atoms with E-state index in [0.29, 0.717) is 5.57 Å². The standard InChI is InChI=1S/C11H16N2O/c1-4-8-6-11(3,5-2)13-10(14)9(8)7-12/h4-6H2,1-3H3,(H,13,14). The summed E-state index contributed by atoms with van der Waals surface area (Å²) in [7, 11) is 0. The number of carbonyl (C=O) groups excluding carboxylic acids is 1. The first-order valence-electron chi connectivity index (χ1n) is 5.01. The summed E-state index contributed by atoms with van der Waals surface area (Å²) in [5.41, 5.74) is 1.14. The highest BCUT2D eigenvalue weighted by atomic mass is 16.1. The Balaban J connectivity index is 3.07. The van der Waals surface area contributed by atoms with E-state index in [4.69, 9.17) is 5.26 Å². The minimum absolute atomic E-state index is 0.164. The highest BCUT2D eigenvalue weighted by Gasteiger charge is 2.33. The average Bonchev–Trinajstić information content (AvgIpc) is 2.17. The number of nitrogens with one attached hydrogen (secondary N) is 1. The van der Waals surface area contributed by atoms with Gasteiger partial charge in [-0.3, -0.25) is 4.79 Å². The van der Waals surface area contributed by atoms with Gasteiger partial charge in [-0.15, -0.1) is 0 Å². The van der Waals surface area contributed by atoms with Gasteiger partial charge in [0, 0.05) is 5.54 Å². The molecule has 0 saturated heterocycles. The van der Waals surface area contributed by atoms with Crippen LogP contribution in [0.15, 0.2) is 11.1 Å². The topological polar surface area (TPSA) is 52.9 Å². The highest BCUT2D eigenvalue weighted by molar-refractivity contribution is 5.99. The fourth-order valence-electron chi connectivity index (χ4n) is 1.75.